The zero-order valence-corrected chi connectivity index (χ0v) is 76.9. The first-order chi connectivity index (χ1) is 60.4. The van der Waals surface area contributed by atoms with E-state index >= 15 is 0 Å². The van der Waals surface area contributed by atoms with Gasteiger partial charge in [0.25, 0.3) is 0 Å². The van der Waals surface area contributed by atoms with Gasteiger partial charge in [0, 0.05) is 87.8 Å². The van der Waals surface area contributed by atoms with Gasteiger partial charge < -0.3 is 73.1 Å². The number of aldehydes is 1. The van der Waals surface area contributed by atoms with Crippen molar-refractivity contribution in [1.82, 2.24) is 41.3 Å². The average molecular weight is 1720 g/mol. The monoisotopic (exact) mass is 1720 g/mol. The van der Waals surface area contributed by atoms with Crippen molar-refractivity contribution in [2.24, 2.45) is 75.6 Å². The lowest BCUT2D eigenvalue weighted by Gasteiger charge is -2.39. The third kappa shape index (κ3) is 39.4. The van der Waals surface area contributed by atoms with Crippen LogP contribution >= 0.6 is 0 Å². The summed E-state index contributed by atoms with van der Waals surface area (Å²) < 4.78 is 51.7. The van der Waals surface area contributed by atoms with Gasteiger partial charge in [-0.3, -0.25) is 0 Å². The van der Waals surface area contributed by atoms with E-state index in [9.17, 15) is 27.2 Å². The standard InChI is InChI=1S/C27H36FN3O.C20H31FN2.C19H29FN2.C12H16FN.C8H17NO.C8H15NO.C7H15NO.C3H5N/c1-20-5-4-7-25(17-20)29-27(32)30-26-8-3-2-6-23(26)19-31-15-13-22(14-16-31)18-21-9-11-24(28)12-10-21;1-22-20-5-3-2-4-18(20)15-23-12-10-17(11-13-23)14-16-6-8-19(21)9-7-16;20-18-7-5-15(6-8-18)13-16-9-11-22(12-10-16)14-17-3-1-2-4-19(17)21;13-12-3-1-10(2-4-12)9-11-5-7-14-8-6-11;2*1-9-8-5-3-2-4-7(8)6-10;8-7-4-2-1-3-6(7)5-9;1-3-4-2/h4-5,7,9-12,17,22-23,26H,2-3,6,8,13-16,18-19H2,1H3,(H2,29,30,32);6-9,17-18,20,22H,2-5,10-15H2,1H3;5-8,16-17,19H,1-4,9-14,21H2;1-4,11,14H,5-9H2;7-10H,2-6H2,1H3;6-9H,2-5H2,1H3;6-7,9H,1-5,8H2;1H2,2H3/t23-,26+;18-,20+;17-,19+;;2*7-,8+;6-,7+;/m000.000./s1. The molecule has 15 rings (SSSR count). The van der Waals surface area contributed by atoms with Crippen molar-refractivity contribution in [3.8, 4) is 0 Å². The molecule has 0 radical (unpaired) electrons. The normalized spacial score (nSPS) is 26.1. The molecule has 0 spiro atoms. The van der Waals surface area contributed by atoms with Gasteiger partial charge in [-0.05, 0) is 389 Å². The number of nitrogens with zero attached hydrogens (tertiary/aromatic N) is 4. The van der Waals surface area contributed by atoms with Gasteiger partial charge in [0.2, 0.25) is 0 Å². The number of halogens is 4. The molecule has 12 N–H and O–H groups in total. The molecule has 16 nitrogen and oxygen atoms in total. The van der Waals surface area contributed by atoms with Gasteiger partial charge in [-0.15, -0.1) is 0 Å². The zero-order valence-electron chi connectivity index (χ0n) is 76.9. The second-order valence-electron chi connectivity index (χ2n) is 37.9. The Kier molecular flexibility index (Phi) is 49.7. The molecule has 6 aliphatic carbocycles. The van der Waals surface area contributed by atoms with Crippen molar-refractivity contribution in [1.29, 1.82) is 0 Å². The molecule has 2 amide bonds. The number of piperidine rings is 4. The average Bonchev–Trinajstić information content (AvgIpc) is 0.852. The largest absolute Gasteiger partial charge is 0.396 e. The number of likely N-dealkylation sites (tertiary alicyclic amines) is 3. The number of benzene rings is 5. The van der Waals surface area contributed by atoms with Crippen LogP contribution in [-0.4, -0.2) is 193 Å². The summed E-state index contributed by atoms with van der Waals surface area (Å²) in [7, 11) is 7.68. The topological polar surface area (TPSA) is 221 Å². The molecule has 4 saturated heterocycles. The first kappa shape index (κ1) is 103. The first-order valence-electron chi connectivity index (χ1n) is 48.7. The van der Waals surface area contributed by atoms with E-state index in [1.54, 1.807) is 55.6 Å². The van der Waals surface area contributed by atoms with Gasteiger partial charge in [-0.1, -0.05) is 138 Å². The fraction of sp³-hybridized carbons (Fsp3) is 0.673. The highest BCUT2D eigenvalue weighted by Gasteiger charge is 2.33. The molecule has 692 valence electrons. The minimum absolute atomic E-state index is 0.0921. The Morgan fingerprint density at radius 3 is 1.11 bits per heavy atom. The Morgan fingerprint density at radius 2 is 0.766 bits per heavy atom. The zero-order chi connectivity index (χ0) is 88.5. The van der Waals surface area contributed by atoms with Crippen molar-refractivity contribution in [2.75, 3.05) is 119 Å². The Labute approximate surface area is 746 Å². The molecule has 5 aromatic carbocycles. The summed E-state index contributed by atoms with van der Waals surface area (Å²) >= 11 is 0. The van der Waals surface area contributed by atoms with Crippen LogP contribution in [0.2, 0.25) is 0 Å². The second-order valence-corrected chi connectivity index (χ2v) is 37.9. The fourth-order valence-electron chi connectivity index (χ4n) is 20.9. The van der Waals surface area contributed by atoms with E-state index < -0.39 is 0 Å². The van der Waals surface area contributed by atoms with Crippen molar-refractivity contribution in [3.05, 3.63) is 179 Å². The number of aliphatic hydroxyl groups is 2. The highest BCUT2D eigenvalue weighted by atomic mass is 19.1. The molecule has 12 atom stereocenters. The summed E-state index contributed by atoms with van der Waals surface area (Å²) in [5.74, 6) is 7.95. The lowest BCUT2D eigenvalue weighted by atomic mass is 9.83. The van der Waals surface area contributed by atoms with E-state index in [0.717, 1.165) is 131 Å². The first-order valence-corrected chi connectivity index (χ1v) is 48.7. The molecular weight excluding hydrogens is 1560 g/mol. The predicted octanol–water partition coefficient (Wildman–Crippen LogP) is 18.3. The number of aliphatic hydroxyl groups excluding tert-OH is 2. The quantitative estimate of drug-likeness (QED) is 0.0177. The summed E-state index contributed by atoms with van der Waals surface area (Å²) in [5.41, 5.74) is 19.1. The highest BCUT2D eigenvalue weighted by molar-refractivity contribution is 5.89. The Balaban J connectivity index is 0.000000186. The second kappa shape index (κ2) is 59.8. The maximum atomic E-state index is 13.1. The van der Waals surface area contributed by atoms with E-state index in [1.807, 2.05) is 93.8 Å². The molecule has 4 heterocycles. The van der Waals surface area contributed by atoms with Crippen LogP contribution in [0.5, 0.6) is 0 Å². The molecule has 5 aromatic rings. The number of nitrogens with two attached hydrogens (primary N) is 2. The number of amides is 2. The van der Waals surface area contributed by atoms with Crippen LogP contribution in [0.15, 0.2) is 133 Å². The van der Waals surface area contributed by atoms with E-state index in [-0.39, 0.29) is 53.9 Å². The smallest absolute Gasteiger partial charge is 0.319 e. The van der Waals surface area contributed by atoms with Crippen molar-refractivity contribution >= 4 is 23.9 Å². The number of anilines is 1. The lowest BCUT2D eigenvalue weighted by Crippen LogP contribution is -2.48. The maximum absolute atomic E-state index is 13.1. The summed E-state index contributed by atoms with van der Waals surface area (Å²) in [6.07, 6.45) is 45.4. The number of carbonyl (C=O) groups excluding carboxylic acids is 2. The van der Waals surface area contributed by atoms with Gasteiger partial charge in [0.1, 0.15) is 29.6 Å². The minimum atomic E-state index is -0.160. The van der Waals surface area contributed by atoms with Crippen LogP contribution in [-0.2, 0) is 30.5 Å². The number of rotatable bonds is 22. The Hall–Kier alpha value is -6.23. The summed E-state index contributed by atoms with van der Waals surface area (Å²) in [4.78, 5) is 34.4. The number of urea groups is 1. The molecule has 0 aromatic heterocycles. The van der Waals surface area contributed by atoms with Crippen molar-refractivity contribution in [2.45, 2.75) is 274 Å². The molecule has 20 heteroatoms. The van der Waals surface area contributed by atoms with Gasteiger partial charge in [0.05, 0.1) is 0 Å². The van der Waals surface area contributed by atoms with Crippen LogP contribution in [0.25, 0.3) is 0 Å². The van der Waals surface area contributed by atoms with Crippen LogP contribution in [0.1, 0.15) is 233 Å². The van der Waals surface area contributed by atoms with Gasteiger partial charge in [-0.2, -0.15) is 0 Å². The van der Waals surface area contributed by atoms with E-state index in [0.29, 0.717) is 54.3 Å². The van der Waals surface area contributed by atoms with Crippen molar-refractivity contribution in [3.63, 3.8) is 0 Å². The Bertz CT molecular complexity index is 3650. The van der Waals surface area contributed by atoms with Crippen LogP contribution in [0.3, 0.4) is 0 Å². The molecule has 124 heavy (non-hydrogen) atoms. The number of hydrogen-bond acceptors (Lipinski definition) is 14. The van der Waals surface area contributed by atoms with Gasteiger partial charge in [0.15, 0.2) is 0 Å². The Morgan fingerprint density at radius 1 is 0.444 bits per heavy atom. The fourth-order valence-corrected chi connectivity index (χ4v) is 20.9. The highest BCUT2D eigenvalue weighted by Crippen LogP contribution is 2.34. The van der Waals surface area contributed by atoms with Crippen molar-refractivity contribution < 1.29 is 37.4 Å². The molecule has 10 fully saturated rings. The number of hydrogen-bond donors (Lipinski definition) is 10. The third-order valence-corrected chi connectivity index (χ3v) is 28.8. The summed E-state index contributed by atoms with van der Waals surface area (Å²) in [6, 6.07) is 38.5. The molecular formula is C104H164F4N12O4. The molecule has 10 aliphatic rings. The molecule has 4 aliphatic heterocycles. The number of aryl methyl sites for hydroxylation is 1. The SMILES string of the molecule is C=C=NC.CN[C@@H]1CCCC[C@H]1C=O.CN[C@@H]1CCCC[C@H]1CN1CCC(Cc2ccc(F)cc2)CC1.CN[C@@H]1CCCC[C@H]1CO.Cc1cccc(NC(=O)N[C@@H]2CCCC[C@H]2CN2CCC(Cc3ccc(F)cc3)CC2)c1.Fc1ccc(CC2CCNCC2)cc1.N[C@@H]1CCCC[C@H]1CN1CCC(Cc2ccc(F)cc2)CC1.N[C@@H]1CCCC[C@H]1CO. The summed E-state index contributed by atoms with van der Waals surface area (Å²) in [5, 5.41) is 37.3. The van der Waals surface area contributed by atoms with Crippen LogP contribution < -0.4 is 43.4 Å². The number of aliphatic imine (C=N–C) groups is 1. The minimum Gasteiger partial charge on any atom is -0.396 e. The third-order valence-electron chi connectivity index (χ3n) is 28.8. The maximum Gasteiger partial charge on any atom is 0.319 e. The lowest BCUT2D eigenvalue weighted by molar-refractivity contribution is -0.112. The number of nitrogens with one attached hydrogen (secondary N) is 6. The van der Waals surface area contributed by atoms with Gasteiger partial charge >= 0.3 is 6.03 Å². The van der Waals surface area contributed by atoms with E-state index in [4.69, 9.17) is 21.7 Å². The van der Waals surface area contributed by atoms with Gasteiger partial charge in [-0.25, -0.2) is 27.3 Å². The molecule has 0 bridgehead atoms. The van der Waals surface area contributed by atoms with Crippen LogP contribution in [0, 0.1) is 89.4 Å². The predicted molar refractivity (Wildman–Crippen MR) is 506 cm³/mol. The van der Waals surface area contributed by atoms with E-state index in [2.05, 4.69) is 71.1 Å². The molecule has 0 unspecified atom stereocenters. The van der Waals surface area contributed by atoms with Crippen LogP contribution in [0.4, 0.5) is 28.0 Å². The molecule has 6 saturated carbocycles. The number of carbonyl (C=O) groups is 2. The summed E-state index contributed by atoms with van der Waals surface area (Å²) in [6.45, 7) is 18.8. The van der Waals surface area contributed by atoms with E-state index in [1.165, 1.54) is 241 Å².